The van der Waals surface area contributed by atoms with Crippen molar-refractivity contribution in [2.45, 2.75) is 71.0 Å². The van der Waals surface area contributed by atoms with Crippen LogP contribution in [-0.4, -0.2) is 72.1 Å². The molecule has 0 radical (unpaired) electrons. The van der Waals surface area contributed by atoms with Crippen molar-refractivity contribution in [1.82, 2.24) is 25.4 Å². The average molecular weight is 547 g/mol. The highest BCUT2D eigenvalue weighted by Gasteiger charge is 2.32. The minimum atomic E-state index is 0. The molecule has 1 aliphatic carbocycles. The van der Waals surface area contributed by atoms with Crippen LogP contribution in [-0.2, 0) is 6.54 Å². The Morgan fingerprint density at radius 2 is 1.87 bits per heavy atom. The Morgan fingerprint density at radius 1 is 1.13 bits per heavy atom. The highest BCUT2D eigenvalue weighted by molar-refractivity contribution is 14.0. The summed E-state index contributed by atoms with van der Waals surface area (Å²) in [5.74, 6) is 1.73. The van der Waals surface area contributed by atoms with Crippen LogP contribution in [0.25, 0.3) is 0 Å². The van der Waals surface area contributed by atoms with Gasteiger partial charge in [-0.3, -0.25) is 9.89 Å². The van der Waals surface area contributed by atoms with Gasteiger partial charge in [-0.05, 0) is 71.4 Å². The molecule has 3 aliphatic rings. The molecule has 2 N–H and O–H groups in total. The molecule has 0 aromatic carbocycles. The molecule has 3 fully saturated rings. The number of halogens is 1. The van der Waals surface area contributed by atoms with Gasteiger partial charge in [0.2, 0.25) is 0 Å². The molecule has 0 atom stereocenters. The number of guanidine groups is 1. The number of likely N-dealkylation sites (tertiary alicyclic amines) is 2. The molecule has 2 saturated heterocycles. The predicted octanol–water partition coefficient (Wildman–Crippen LogP) is 3.46. The van der Waals surface area contributed by atoms with E-state index in [1.54, 1.807) is 11.3 Å². The predicted molar refractivity (Wildman–Crippen MR) is 137 cm³/mol. The fourth-order valence-corrected chi connectivity index (χ4v) is 5.22. The second-order valence-corrected chi connectivity index (χ2v) is 10.0. The maximum Gasteiger partial charge on any atom is 0.191 e. The van der Waals surface area contributed by atoms with Crippen LogP contribution < -0.4 is 10.6 Å². The maximum absolute atomic E-state index is 4.96. The third-order valence-corrected chi connectivity index (χ3v) is 7.37. The highest BCUT2D eigenvalue weighted by Crippen LogP contribution is 2.29. The molecule has 30 heavy (non-hydrogen) atoms. The molecule has 8 heteroatoms. The summed E-state index contributed by atoms with van der Waals surface area (Å²) in [6.45, 7) is 12.0. The topological polar surface area (TPSA) is 55.8 Å². The number of aromatic nitrogens is 1. The van der Waals surface area contributed by atoms with Gasteiger partial charge in [0.1, 0.15) is 0 Å². The minimum Gasteiger partial charge on any atom is -0.357 e. The minimum absolute atomic E-state index is 0. The van der Waals surface area contributed by atoms with Crippen molar-refractivity contribution in [1.29, 1.82) is 0 Å². The zero-order chi connectivity index (χ0) is 20.1. The van der Waals surface area contributed by atoms with E-state index in [2.05, 4.69) is 44.6 Å². The summed E-state index contributed by atoms with van der Waals surface area (Å²) in [5.41, 5.74) is 1.23. The number of hydrogen-bond donors (Lipinski definition) is 2. The quantitative estimate of drug-likeness (QED) is 0.312. The number of rotatable bonds is 7. The van der Waals surface area contributed by atoms with E-state index in [0.29, 0.717) is 12.0 Å². The van der Waals surface area contributed by atoms with Crippen molar-refractivity contribution in [3.63, 3.8) is 0 Å². The zero-order valence-corrected chi connectivity index (χ0v) is 21.8. The summed E-state index contributed by atoms with van der Waals surface area (Å²) in [4.78, 5) is 14.8. The van der Waals surface area contributed by atoms with Crippen LogP contribution in [0.3, 0.4) is 0 Å². The molecule has 0 spiro atoms. The molecule has 1 saturated carbocycles. The molecule has 0 amide bonds. The van der Waals surface area contributed by atoms with Gasteiger partial charge in [0.15, 0.2) is 5.96 Å². The summed E-state index contributed by atoms with van der Waals surface area (Å²) in [7, 11) is 0. The molecule has 0 unspecified atom stereocenters. The Morgan fingerprint density at radius 3 is 2.47 bits per heavy atom. The van der Waals surface area contributed by atoms with Gasteiger partial charge in [-0.1, -0.05) is 0 Å². The van der Waals surface area contributed by atoms with E-state index < -0.39 is 0 Å². The van der Waals surface area contributed by atoms with Crippen LogP contribution in [0.5, 0.6) is 0 Å². The van der Waals surface area contributed by atoms with Crippen LogP contribution in [0.15, 0.2) is 10.4 Å². The Bertz CT molecular complexity index is 660. The number of nitrogens with one attached hydrogen (secondary N) is 2. The largest absolute Gasteiger partial charge is 0.357 e. The first-order chi connectivity index (χ1) is 14.2. The molecule has 2 aliphatic heterocycles. The Labute approximate surface area is 203 Å². The number of hydrogen-bond acceptors (Lipinski definition) is 5. The van der Waals surface area contributed by atoms with Crippen LogP contribution in [0.2, 0.25) is 0 Å². The normalized spacial score (nSPS) is 22.7. The van der Waals surface area contributed by atoms with Gasteiger partial charge >= 0.3 is 0 Å². The van der Waals surface area contributed by atoms with Gasteiger partial charge in [0.05, 0.1) is 10.7 Å². The second-order valence-electron chi connectivity index (χ2n) is 8.98. The molecular weight excluding hydrogens is 507 g/mol. The lowest BCUT2D eigenvalue weighted by molar-refractivity contribution is 0.179. The van der Waals surface area contributed by atoms with E-state index in [0.717, 1.165) is 31.6 Å². The molecule has 1 aromatic rings. The molecule has 3 heterocycles. The number of aryl methyl sites for hydroxylation is 1. The maximum atomic E-state index is 4.96. The molecule has 4 rings (SSSR count). The Balaban J connectivity index is 0.00000256. The Hall–Kier alpha value is -0.450. The highest BCUT2D eigenvalue weighted by atomic mass is 127. The van der Waals surface area contributed by atoms with Gasteiger partial charge < -0.3 is 15.5 Å². The number of nitrogens with zero attached hydrogens (tertiary/aromatic N) is 4. The molecule has 1 aromatic heterocycles. The second kappa shape index (κ2) is 12.0. The smallest absolute Gasteiger partial charge is 0.191 e. The first-order valence-corrected chi connectivity index (χ1v) is 12.5. The summed E-state index contributed by atoms with van der Waals surface area (Å²) in [6, 6.07) is 1.48. The summed E-state index contributed by atoms with van der Waals surface area (Å²) >= 11 is 1.76. The molecular formula is C22H39IN6S. The van der Waals surface area contributed by atoms with Crippen molar-refractivity contribution in [3.05, 3.63) is 16.1 Å². The van der Waals surface area contributed by atoms with Crippen molar-refractivity contribution in [3.8, 4) is 0 Å². The fourth-order valence-electron chi connectivity index (χ4n) is 4.62. The van der Waals surface area contributed by atoms with Crippen molar-refractivity contribution >= 4 is 41.3 Å². The van der Waals surface area contributed by atoms with Crippen LogP contribution in [0, 0.1) is 12.8 Å². The van der Waals surface area contributed by atoms with Gasteiger partial charge in [0, 0.05) is 50.2 Å². The molecule has 6 nitrogen and oxygen atoms in total. The van der Waals surface area contributed by atoms with Gasteiger partial charge in [0.25, 0.3) is 0 Å². The fraction of sp³-hybridized carbons (Fsp3) is 0.818. The first kappa shape index (κ1) is 24.2. The van der Waals surface area contributed by atoms with Crippen molar-refractivity contribution in [2.24, 2.45) is 10.9 Å². The van der Waals surface area contributed by atoms with Gasteiger partial charge in [-0.15, -0.1) is 35.3 Å². The third kappa shape index (κ3) is 7.31. The number of piperidine rings is 2. The summed E-state index contributed by atoms with van der Waals surface area (Å²) < 4.78 is 0. The number of aliphatic imine (C=N–C) groups is 1. The zero-order valence-electron chi connectivity index (χ0n) is 18.6. The van der Waals surface area contributed by atoms with Gasteiger partial charge in [-0.2, -0.15) is 0 Å². The van der Waals surface area contributed by atoms with Crippen LogP contribution >= 0.6 is 35.3 Å². The van der Waals surface area contributed by atoms with E-state index in [1.807, 2.05) is 0 Å². The van der Waals surface area contributed by atoms with E-state index in [4.69, 9.17) is 4.99 Å². The van der Waals surface area contributed by atoms with Crippen LogP contribution in [0.1, 0.15) is 56.2 Å². The van der Waals surface area contributed by atoms with Crippen molar-refractivity contribution < 1.29 is 0 Å². The summed E-state index contributed by atoms with van der Waals surface area (Å²) in [6.07, 6.45) is 7.82. The lowest BCUT2D eigenvalue weighted by atomic mass is 9.97. The lowest BCUT2D eigenvalue weighted by Gasteiger charge is -2.33. The first-order valence-electron chi connectivity index (χ1n) is 11.6. The average Bonchev–Trinajstić information content (AvgIpc) is 3.50. The standard InChI is InChI=1S/C22H38N6S.HI/c1-3-23-22(26-19-8-12-28(13-9-19)21-4-5-21)24-14-18-6-10-27(11-7-18)15-20-16-29-17(2)25-20;/h16,18-19,21H,3-15H2,1-2H3,(H2,23,24,26);1H. The Kier molecular flexibility index (Phi) is 9.65. The third-order valence-electron chi connectivity index (χ3n) is 6.54. The van der Waals surface area contributed by atoms with Gasteiger partial charge in [-0.25, -0.2) is 4.98 Å². The van der Waals surface area contributed by atoms with E-state index in [1.165, 1.54) is 75.4 Å². The SMILES string of the molecule is CCNC(=NCC1CCN(Cc2csc(C)n2)CC1)NC1CCN(C2CC2)CC1.I. The molecule has 170 valence electrons. The monoisotopic (exact) mass is 546 g/mol. The van der Waals surface area contributed by atoms with E-state index in [-0.39, 0.29) is 24.0 Å². The number of thiazole rings is 1. The van der Waals surface area contributed by atoms with E-state index in [9.17, 15) is 0 Å². The lowest BCUT2D eigenvalue weighted by Crippen LogP contribution is -2.49. The molecule has 0 bridgehead atoms. The van der Waals surface area contributed by atoms with E-state index >= 15 is 0 Å². The summed E-state index contributed by atoms with van der Waals surface area (Å²) in [5, 5.41) is 10.6. The van der Waals surface area contributed by atoms with Crippen molar-refractivity contribution in [2.75, 3.05) is 39.3 Å². The van der Waals surface area contributed by atoms with Crippen LogP contribution in [0.4, 0.5) is 0 Å².